The molecule has 3 heterocycles. The number of carboxylic acids is 1. The van der Waals surface area contributed by atoms with Crippen LogP contribution in [-0.4, -0.2) is 50.9 Å². The Bertz CT molecular complexity index is 1140. The largest absolute Gasteiger partial charge is 0.478 e. The first-order valence-electron chi connectivity index (χ1n) is 10.9. The summed E-state index contributed by atoms with van der Waals surface area (Å²) >= 11 is 5.74. The van der Waals surface area contributed by atoms with E-state index in [1.165, 1.54) is 0 Å². The standard InChI is InChI=1S/C25H28N4O3S/c1-16-15-20(17(2)29(16)19-10-8-18(9-11-19)24(30)31)23-22(21-7-4-5-12-26-21)27-25(33)28(23)13-6-14-32-3/h4-5,7-12,15,22-23H,6,13-14H2,1-3H3,(H,27,33)(H,30,31)/t22-,23-/m1/s1. The Morgan fingerprint density at radius 1 is 1.21 bits per heavy atom. The van der Waals surface area contributed by atoms with Gasteiger partial charge < -0.3 is 24.6 Å². The molecule has 172 valence electrons. The molecule has 0 amide bonds. The molecular formula is C25H28N4O3S. The van der Waals surface area contributed by atoms with Crippen LogP contribution in [0.5, 0.6) is 0 Å². The molecule has 1 aliphatic heterocycles. The number of aryl methyl sites for hydroxylation is 1. The molecule has 2 atom stereocenters. The van der Waals surface area contributed by atoms with E-state index in [4.69, 9.17) is 17.0 Å². The highest BCUT2D eigenvalue weighted by Crippen LogP contribution is 2.41. The van der Waals surface area contributed by atoms with Gasteiger partial charge in [0, 0.05) is 43.5 Å². The summed E-state index contributed by atoms with van der Waals surface area (Å²) in [5.74, 6) is -0.932. The molecule has 2 N–H and O–H groups in total. The number of benzene rings is 1. The van der Waals surface area contributed by atoms with Crippen LogP contribution in [0.2, 0.25) is 0 Å². The fourth-order valence-corrected chi connectivity index (χ4v) is 4.93. The van der Waals surface area contributed by atoms with Crippen molar-refractivity contribution in [2.75, 3.05) is 20.3 Å². The van der Waals surface area contributed by atoms with Crippen molar-refractivity contribution in [2.24, 2.45) is 0 Å². The van der Waals surface area contributed by atoms with Gasteiger partial charge in [-0.25, -0.2) is 4.79 Å². The van der Waals surface area contributed by atoms with Crippen molar-refractivity contribution < 1.29 is 14.6 Å². The number of hydrogen-bond acceptors (Lipinski definition) is 4. The number of ether oxygens (including phenoxy) is 1. The lowest BCUT2D eigenvalue weighted by atomic mass is 9.96. The van der Waals surface area contributed by atoms with Gasteiger partial charge in [0.05, 0.1) is 23.3 Å². The number of aromatic carboxylic acids is 1. The third kappa shape index (κ3) is 4.49. The molecule has 1 saturated heterocycles. The summed E-state index contributed by atoms with van der Waals surface area (Å²) < 4.78 is 7.43. The van der Waals surface area contributed by atoms with E-state index >= 15 is 0 Å². The van der Waals surface area contributed by atoms with Gasteiger partial charge in [0.1, 0.15) is 0 Å². The molecule has 0 aliphatic carbocycles. The normalized spacial score (nSPS) is 17.9. The first-order chi connectivity index (χ1) is 15.9. The zero-order valence-electron chi connectivity index (χ0n) is 19.0. The lowest BCUT2D eigenvalue weighted by molar-refractivity contribution is 0.0697. The van der Waals surface area contributed by atoms with E-state index in [1.807, 2.05) is 30.3 Å². The van der Waals surface area contributed by atoms with Crippen molar-refractivity contribution >= 4 is 23.3 Å². The maximum atomic E-state index is 11.3. The molecule has 8 heteroatoms. The topological polar surface area (TPSA) is 79.6 Å². The van der Waals surface area contributed by atoms with Crippen LogP contribution in [0.15, 0.2) is 54.7 Å². The highest BCUT2D eigenvalue weighted by atomic mass is 32.1. The summed E-state index contributed by atoms with van der Waals surface area (Å²) in [4.78, 5) is 18.1. The quantitative estimate of drug-likeness (QED) is 0.382. The van der Waals surface area contributed by atoms with Gasteiger partial charge in [-0.2, -0.15) is 0 Å². The van der Waals surface area contributed by atoms with Crippen LogP contribution in [0.4, 0.5) is 0 Å². The molecule has 0 radical (unpaired) electrons. The van der Waals surface area contributed by atoms with E-state index in [9.17, 15) is 9.90 Å². The number of thiocarbonyl (C=S) groups is 1. The lowest BCUT2D eigenvalue weighted by Crippen LogP contribution is -2.31. The monoisotopic (exact) mass is 464 g/mol. The van der Waals surface area contributed by atoms with E-state index < -0.39 is 5.97 Å². The van der Waals surface area contributed by atoms with Crippen LogP contribution >= 0.6 is 12.2 Å². The number of hydrogen-bond donors (Lipinski definition) is 2. The van der Waals surface area contributed by atoms with E-state index in [0.29, 0.717) is 11.7 Å². The minimum Gasteiger partial charge on any atom is -0.478 e. The average molecular weight is 465 g/mol. The second-order valence-electron chi connectivity index (χ2n) is 8.18. The fourth-order valence-electron chi connectivity index (χ4n) is 4.60. The van der Waals surface area contributed by atoms with Gasteiger partial charge in [-0.05, 0) is 80.5 Å². The van der Waals surface area contributed by atoms with Crippen LogP contribution in [0, 0.1) is 13.8 Å². The Morgan fingerprint density at radius 2 is 1.97 bits per heavy atom. The average Bonchev–Trinajstić information content (AvgIpc) is 3.29. The first kappa shape index (κ1) is 22.9. The van der Waals surface area contributed by atoms with Crippen LogP contribution in [-0.2, 0) is 4.74 Å². The predicted molar refractivity (Wildman–Crippen MR) is 131 cm³/mol. The number of carboxylic acid groups (broad SMARTS) is 1. The molecular weight excluding hydrogens is 436 g/mol. The van der Waals surface area contributed by atoms with Crippen molar-refractivity contribution in [3.05, 3.63) is 82.9 Å². The zero-order chi connectivity index (χ0) is 23.5. The van der Waals surface area contributed by atoms with Crippen LogP contribution in [0.25, 0.3) is 5.69 Å². The maximum Gasteiger partial charge on any atom is 0.335 e. The van der Waals surface area contributed by atoms with Gasteiger partial charge in [0.25, 0.3) is 0 Å². The lowest BCUT2D eigenvalue weighted by Gasteiger charge is -2.28. The Balaban J connectivity index is 1.76. The number of carbonyl (C=O) groups is 1. The molecule has 0 spiro atoms. The minimum absolute atomic E-state index is 0.0255. The van der Waals surface area contributed by atoms with Gasteiger partial charge in [0.2, 0.25) is 0 Å². The van der Waals surface area contributed by atoms with Crippen molar-refractivity contribution in [3.63, 3.8) is 0 Å². The molecule has 0 saturated carbocycles. The minimum atomic E-state index is -0.932. The number of nitrogens with zero attached hydrogens (tertiary/aromatic N) is 3. The number of aromatic nitrogens is 2. The highest BCUT2D eigenvalue weighted by Gasteiger charge is 2.41. The molecule has 1 fully saturated rings. The number of pyridine rings is 1. The summed E-state index contributed by atoms with van der Waals surface area (Å²) in [6.07, 6.45) is 2.66. The van der Waals surface area contributed by atoms with Gasteiger partial charge in [-0.1, -0.05) is 6.07 Å². The molecule has 4 rings (SSSR count). The van der Waals surface area contributed by atoms with Crippen LogP contribution in [0.3, 0.4) is 0 Å². The zero-order valence-corrected chi connectivity index (χ0v) is 19.8. The van der Waals surface area contributed by atoms with E-state index in [2.05, 4.69) is 39.7 Å². The second kappa shape index (κ2) is 9.72. The summed E-state index contributed by atoms with van der Waals surface area (Å²) in [6.45, 7) is 5.59. The smallest absolute Gasteiger partial charge is 0.335 e. The fraction of sp³-hybridized carbons (Fsp3) is 0.320. The van der Waals surface area contributed by atoms with Crippen molar-refractivity contribution in [3.8, 4) is 5.69 Å². The van der Waals surface area contributed by atoms with Crippen molar-refractivity contribution in [1.82, 2.24) is 19.8 Å². The first-order valence-corrected chi connectivity index (χ1v) is 11.3. The predicted octanol–water partition coefficient (Wildman–Crippen LogP) is 4.20. The Kier molecular flexibility index (Phi) is 6.76. The molecule has 1 aromatic carbocycles. The summed E-state index contributed by atoms with van der Waals surface area (Å²) in [7, 11) is 1.71. The van der Waals surface area contributed by atoms with Crippen molar-refractivity contribution in [2.45, 2.75) is 32.4 Å². The molecule has 0 bridgehead atoms. The Morgan fingerprint density at radius 3 is 2.61 bits per heavy atom. The molecule has 2 aromatic heterocycles. The molecule has 3 aromatic rings. The van der Waals surface area contributed by atoms with Gasteiger partial charge in [-0.15, -0.1) is 0 Å². The summed E-state index contributed by atoms with van der Waals surface area (Å²) in [5, 5.41) is 13.4. The number of nitrogens with one attached hydrogen (secondary N) is 1. The molecule has 7 nitrogen and oxygen atoms in total. The third-order valence-corrected chi connectivity index (χ3v) is 6.46. The Labute approximate surface area is 199 Å². The summed E-state index contributed by atoms with van der Waals surface area (Å²) in [5.41, 5.74) is 5.45. The van der Waals surface area contributed by atoms with Crippen LogP contribution < -0.4 is 5.32 Å². The van der Waals surface area contributed by atoms with E-state index in [-0.39, 0.29) is 17.6 Å². The Hall–Kier alpha value is -3.23. The van der Waals surface area contributed by atoms with Gasteiger partial charge >= 0.3 is 5.97 Å². The SMILES string of the molecule is COCCCN1C(=S)N[C@H](c2ccccn2)[C@H]1c1cc(C)n(-c2ccc(C(=O)O)cc2)c1C. The van der Waals surface area contributed by atoms with Gasteiger partial charge in [-0.3, -0.25) is 4.98 Å². The second-order valence-corrected chi connectivity index (χ2v) is 8.57. The van der Waals surface area contributed by atoms with Gasteiger partial charge in [0.15, 0.2) is 5.11 Å². The molecule has 0 unspecified atom stereocenters. The maximum absolute atomic E-state index is 11.3. The van der Waals surface area contributed by atoms with Crippen LogP contribution in [0.1, 0.15) is 51.5 Å². The van der Waals surface area contributed by atoms with Crippen molar-refractivity contribution in [1.29, 1.82) is 0 Å². The number of rotatable bonds is 8. The molecule has 33 heavy (non-hydrogen) atoms. The van der Waals surface area contributed by atoms with E-state index in [0.717, 1.165) is 41.3 Å². The third-order valence-electron chi connectivity index (χ3n) is 6.11. The highest BCUT2D eigenvalue weighted by molar-refractivity contribution is 7.80. The molecule has 1 aliphatic rings. The van der Waals surface area contributed by atoms with E-state index in [1.54, 1.807) is 25.4 Å². The summed E-state index contributed by atoms with van der Waals surface area (Å²) in [6, 6.07) is 15.0. The number of methoxy groups -OCH3 is 1.